The van der Waals surface area contributed by atoms with E-state index in [0.717, 1.165) is 19.5 Å². The molecule has 172 valence electrons. The number of alkyl halides is 2. The molecule has 8 nitrogen and oxygen atoms in total. The van der Waals surface area contributed by atoms with Crippen molar-refractivity contribution in [3.63, 3.8) is 0 Å². The van der Waals surface area contributed by atoms with Gasteiger partial charge in [-0.05, 0) is 54.1 Å². The number of aromatic nitrogens is 5. The van der Waals surface area contributed by atoms with Gasteiger partial charge in [0.25, 0.3) is 5.89 Å². The van der Waals surface area contributed by atoms with E-state index >= 15 is 0 Å². The van der Waals surface area contributed by atoms with Gasteiger partial charge >= 0.3 is 12.1 Å². The van der Waals surface area contributed by atoms with Crippen molar-refractivity contribution >= 4 is 27.0 Å². The number of hydrogen-bond donors (Lipinski definition) is 0. The van der Waals surface area contributed by atoms with Crippen molar-refractivity contribution in [2.45, 2.75) is 25.4 Å². The Morgan fingerprint density at radius 3 is 2.70 bits per heavy atom. The topological polar surface area (TPSA) is 82.0 Å². The van der Waals surface area contributed by atoms with E-state index < -0.39 is 18.1 Å². The summed E-state index contributed by atoms with van der Waals surface area (Å²) in [7, 11) is 2.00. The fourth-order valence-corrected chi connectivity index (χ4v) is 4.48. The SMILES string of the molecule is CN1CCC(n2c(=O)n(Cc3ccc(-c4nnc(C(F)F)o4)cn3)c3cc(F)c(Br)cc32)C1. The third-order valence-electron chi connectivity index (χ3n) is 5.76. The van der Waals surface area contributed by atoms with Crippen molar-refractivity contribution in [3.05, 3.63) is 62.8 Å². The maximum Gasteiger partial charge on any atom is 0.329 e. The fraction of sp³-hybridized carbons (Fsp3) is 0.333. The summed E-state index contributed by atoms with van der Waals surface area (Å²) in [5.41, 5.74) is 1.78. The van der Waals surface area contributed by atoms with Gasteiger partial charge in [-0.25, -0.2) is 9.18 Å². The first-order valence-corrected chi connectivity index (χ1v) is 11.0. The smallest absolute Gasteiger partial charge is 0.329 e. The van der Waals surface area contributed by atoms with Crippen molar-refractivity contribution in [1.29, 1.82) is 0 Å². The Hall–Kier alpha value is -2.99. The lowest BCUT2D eigenvalue weighted by Crippen LogP contribution is -2.29. The third-order valence-corrected chi connectivity index (χ3v) is 6.36. The second-order valence-corrected chi connectivity index (χ2v) is 8.84. The molecule has 1 atom stereocenters. The minimum atomic E-state index is -2.86. The number of likely N-dealkylation sites (N-methyl/N-ethyl adjacent to an activating group) is 1. The molecule has 1 saturated heterocycles. The summed E-state index contributed by atoms with van der Waals surface area (Å²) in [4.78, 5) is 19.9. The van der Waals surface area contributed by atoms with Gasteiger partial charge in [0.05, 0.1) is 39.4 Å². The Balaban J connectivity index is 1.51. The monoisotopic (exact) mass is 522 g/mol. The van der Waals surface area contributed by atoms with Crippen LogP contribution in [-0.2, 0) is 6.54 Å². The van der Waals surface area contributed by atoms with E-state index in [4.69, 9.17) is 4.42 Å². The highest BCUT2D eigenvalue weighted by Gasteiger charge is 2.27. The number of likely N-dealkylation sites (tertiary alicyclic amines) is 1. The van der Waals surface area contributed by atoms with Crippen LogP contribution in [0.15, 0.2) is 44.1 Å². The summed E-state index contributed by atoms with van der Waals surface area (Å²) < 4.78 is 48.2. The number of benzene rings is 1. The molecule has 0 bridgehead atoms. The standard InChI is InChI=1S/C21H18BrF3N6O2/c1-29-5-4-13(10-29)31-17-6-14(22)15(23)7-16(17)30(21(31)32)9-12-3-2-11(8-26-12)19-27-28-20(33-19)18(24)25/h2-3,6-8,13,18H,4-5,9-10H2,1H3. The molecule has 0 radical (unpaired) electrons. The maximum atomic E-state index is 14.4. The number of halogens is 4. The number of fused-ring (bicyclic) bond motifs is 1. The minimum Gasteiger partial charge on any atom is -0.415 e. The molecule has 1 unspecified atom stereocenters. The Kier molecular flexibility index (Phi) is 5.57. The van der Waals surface area contributed by atoms with Crippen LogP contribution in [0.3, 0.4) is 0 Å². The van der Waals surface area contributed by atoms with E-state index in [1.165, 1.54) is 16.8 Å². The Morgan fingerprint density at radius 1 is 1.24 bits per heavy atom. The molecule has 4 heterocycles. The summed E-state index contributed by atoms with van der Waals surface area (Å²) in [6.45, 7) is 1.71. The number of hydrogen-bond acceptors (Lipinski definition) is 6. The summed E-state index contributed by atoms with van der Waals surface area (Å²) in [5.74, 6) is -1.30. The molecular weight excluding hydrogens is 505 g/mol. The number of rotatable bonds is 5. The van der Waals surface area contributed by atoms with Gasteiger partial charge in [0.15, 0.2) is 0 Å². The Bertz CT molecular complexity index is 1380. The largest absolute Gasteiger partial charge is 0.415 e. The summed E-state index contributed by atoms with van der Waals surface area (Å²) in [5, 5.41) is 6.91. The molecule has 0 N–H and O–H groups in total. The highest BCUT2D eigenvalue weighted by Crippen LogP contribution is 2.29. The van der Waals surface area contributed by atoms with Crippen LogP contribution in [-0.4, -0.2) is 49.4 Å². The first kappa shape index (κ1) is 21.8. The van der Waals surface area contributed by atoms with Crippen LogP contribution in [0.4, 0.5) is 13.2 Å². The lowest BCUT2D eigenvalue weighted by molar-refractivity contribution is 0.116. The summed E-state index contributed by atoms with van der Waals surface area (Å²) >= 11 is 3.22. The minimum absolute atomic E-state index is 0.0134. The number of pyridine rings is 1. The molecule has 5 rings (SSSR count). The second kappa shape index (κ2) is 8.41. The molecule has 0 saturated carbocycles. The van der Waals surface area contributed by atoms with Crippen LogP contribution < -0.4 is 5.69 Å². The van der Waals surface area contributed by atoms with Crippen LogP contribution >= 0.6 is 15.9 Å². The molecule has 1 aromatic carbocycles. The summed E-state index contributed by atoms with van der Waals surface area (Å²) in [6, 6.07) is 6.19. The van der Waals surface area contributed by atoms with Crippen LogP contribution in [0, 0.1) is 5.82 Å². The van der Waals surface area contributed by atoms with Gasteiger partial charge in [0, 0.05) is 18.8 Å². The fourth-order valence-electron chi connectivity index (χ4n) is 4.15. The molecule has 4 aromatic rings. The first-order chi connectivity index (χ1) is 15.8. The third kappa shape index (κ3) is 3.97. The zero-order valence-electron chi connectivity index (χ0n) is 17.4. The van der Waals surface area contributed by atoms with Gasteiger partial charge in [0.1, 0.15) is 5.82 Å². The molecule has 1 aliphatic rings. The zero-order valence-corrected chi connectivity index (χ0v) is 19.0. The predicted molar refractivity (Wildman–Crippen MR) is 117 cm³/mol. The van der Waals surface area contributed by atoms with Crippen molar-refractivity contribution in [2.24, 2.45) is 0 Å². The van der Waals surface area contributed by atoms with E-state index in [2.05, 4.69) is 36.0 Å². The van der Waals surface area contributed by atoms with E-state index in [9.17, 15) is 18.0 Å². The van der Waals surface area contributed by atoms with E-state index in [1.807, 2.05) is 7.05 Å². The molecule has 0 aliphatic carbocycles. The molecular formula is C21H18BrF3N6O2. The normalized spacial score (nSPS) is 17.0. The van der Waals surface area contributed by atoms with E-state index in [1.54, 1.807) is 22.8 Å². The molecule has 0 amide bonds. The predicted octanol–water partition coefficient (Wildman–Crippen LogP) is 4.01. The van der Waals surface area contributed by atoms with Crippen molar-refractivity contribution in [1.82, 2.24) is 29.2 Å². The van der Waals surface area contributed by atoms with Crippen molar-refractivity contribution in [3.8, 4) is 11.5 Å². The Labute approximate surface area is 193 Å². The second-order valence-electron chi connectivity index (χ2n) is 7.98. The van der Waals surface area contributed by atoms with Gasteiger partial charge < -0.3 is 9.32 Å². The number of nitrogens with zero attached hydrogens (tertiary/aromatic N) is 6. The lowest BCUT2D eigenvalue weighted by atomic mass is 10.2. The molecule has 1 fully saturated rings. The van der Waals surface area contributed by atoms with Crippen LogP contribution in [0.1, 0.15) is 30.5 Å². The van der Waals surface area contributed by atoms with Crippen LogP contribution in [0.2, 0.25) is 0 Å². The average molecular weight is 523 g/mol. The van der Waals surface area contributed by atoms with Gasteiger partial charge in [-0.3, -0.25) is 14.1 Å². The molecule has 0 spiro atoms. The van der Waals surface area contributed by atoms with Gasteiger partial charge in [-0.1, -0.05) is 0 Å². The van der Waals surface area contributed by atoms with Crippen molar-refractivity contribution in [2.75, 3.05) is 20.1 Å². The van der Waals surface area contributed by atoms with Crippen molar-refractivity contribution < 1.29 is 17.6 Å². The van der Waals surface area contributed by atoms with E-state index in [0.29, 0.717) is 22.3 Å². The van der Waals surface area contributed by atoms with E-state index in [-0.39, 0.29) is 28.6 Å². The van der Waals surface area contributed by atoms with Gasteiger partial charge in [-0.15, -0.1) is 10.2 Å². The maximum absolute atomic E-state index is 14.4. The number of imidazole rings is 1. The molecule has 1 aliphatic heterocycles. The molecule has 12 heteroatoms. The summed E-state index contributed by atoms with van der Waals surface area (Å²) in [6.07, 6.45) is -0.629. The van der Waals surface area contributed by atoms with Gasteiger partial charge in [0.2, 0.25) is 5.89 Å². The van der Waals surface area contributed by atoms with Gasteiger partial charge in [-0.2, -0.15) is 8.78 Å². The highest BCUT2D eigenvalue weighted by atomic mass is 79.9. The highest BCUT2D eigenvalue weighted by molar-refractivity contribution is 9.10. The zero-order chi connectivity index (χ0) is 23.3. The quantitative estimate of drug-likeness (QED) is 0.393. The lowest BCUT2D eigenvalue weighted by Gasteiger charge is -2.12. The Morgan fingerprint density at radius 2 is 2.06 bits per heavy atom. The molecule has 33 heavy (non-hydrogen) atoms. The average Bonchev–Trinajstić information content (AvgIpc) is 3.49. The first-order valence-electron chi connectivity index (χ1n) is 10.2. The molecule has 3 aromatic heterocycles. The van der Waals surface area contributed by atoms with Crippen LogP contribution in [0.25, 0.3) is 22.5 Å². The van der Waals surface area contributed by atoms with Crippen LogP contribution in [0.5, 0.6) is 0 Å².